The van der Waals surface area contributed by atoms with Crippen LogP contribution < -0.4 is 5.32 Å². The second kappa shape index (κ2) is 5.62. The number of nitrogens with zero attached hydrogens (tertiary/aromatic N) is 2. The van der Waals surface area contributed by atoms with E-state index in [2.05, 4.69) is 20.0 Å². The van der Waals surface area contributed by atoms with E-state index in [0.29, 0.717) is 22.5 Å². The zero-order valence-electron chi connectivity index (χ0n) is 11.0. The fourth-order valence-electron chi connectivity index (χ4n) is 1.78. The van der Waals surface area contributed by atoms with Crippen molar-refractivity contribution in [2.75, 3.05) is 19.0 Å². The second-order valence-corrected chi connectivity index (χ2v) is 4.29. The van der Waals surface area contributed by atoms with Crippen LogP contribution in [0.3, 0.4) is 0 Å². The van der Waals surface area contributed by atoms with Crippen molar-refractivity contribution < 1.29 is 17.9 Å². The van der Waals surface area contributed by atoms with Gasteiger partial charge in [0.15, 0.2) is 6.10 Å². The first-order valence-corrected chi connectivity index (χ1v) is 5.98. The first-order valence-electron chi connectivity index (χ1n) is 5.98. The van der Waals surface area contributed by atoms with Crippen LogP contribution in [0.2, 0.25) is 0 Å². The molecule has 1 aromatic heterocycles. The summed E-state index contributed by atoms with van der Waals surface area (Å²) in [5, 5.41) is 2.64. The van der Waals surface area contributed by atoms with E-state index >= 15 is 0 Å². The topological polar surface area (TPSA) is 47.0 Å². The molecule has 2 rings (SSSR count). The maximum absolute atomic E-state index is 12.6. The summed E-state index contributed by atoms with van der Waals surface area (Å²) in [5.41, 5.74) is 1.87. The SMILES string of the molecule is COC(CNc1nc2ccccc2nc1C)C(F)(F)F. The van der Waals surface area contributed by atoms with Crippen molar-refractivity contribution in [1.29, 1.82) is 0 Å². The Bertz CT molecular complexity index is 601. The Balaban J connectivity index is 2.19. The minimum absolute atomic E-state index is 0.329. The maximum atomic E-state index is 12.6. The molecule has 1 aromatic carbocycles. The number of fused-ring (bicyclic) bond motifs is 1. The monoisotopic (exact) mass is 285 g/mol. The average Bonchev–Trinajstić information content (AvgIpc) is 2.38. The molecule has 0 fully saturated rings. The molecular weight excluding hydrogens is 271 g/mol. The van der Waals surface area contributed by atoms with Gasteiger partial charge in [-0.25, -0.2) is 9.97 Å². The number of hydrogen-bond acceptors (Lipinski definition) is 4. The molecule has 0 saturated heterocycles. The van der Waals surface area contributed by atoms with Gasteiger partial charge in [0.05, 0.1) is 23.3 Å². The highest BCUT2D eigenvalue weighted by Crippen LogP contribution is 2.23. The predicted octanol–water partition coefficient (Wildman–Crippen LogP) is 2.93. The third-order valence-corrected chi connectivity index (χ3v) is 2.85. The summed E-state index contributed by atoms with van der Waals surface area (Å²) in [7, 11) is 1.03. The van der Waals surface area contributed by atoms with Gasteiger partial charge >= 0.3 is 6.18 Å². The number of nitrogens with one attached hydrogen (secondary N) is 1. The van der Waals surface area contributed by atoms with E-state index in [4.69, 9.17) is 0 Å². The van der Waals surface area contributed by atoms with E-state index < -0.39 is 18.8 Å². The Hall–Kier alpha value is -1.89. The summed E-state index contributed by atoms with van der Waals surface area (Å²) in [6.07, 6.45) is -6.30. The van der Waals surface area contributed by atoms with Crippen LogP contribution in [-0.2, 0) is 4.74 Å². The Morgan fingerprint density at radius 1 is 1.20 bits per heavy atom. The number of aryl methyl sites for hydroxylation is 1. The lowest BCUT2D eigenvalue weighted by Gasteiger charge is -2.19. The molecule has 108 valence electrons. The summed E-state index contributed by atoms with van der Waals surface area (Å²) in [6.45, 7) is 1.28. The third-order valence-electron chi connectivity index (χ3n) is 2.85. The lowest BCUT2D eigenvalue weighted by molar-refractivity contribution is -0.207. The zero-order chi connectivity index (χ0) is 14.8. The number of anilines is 1. The molecule has 0 radical (unpaired) electrons. The molecule has 0 bridgehead atoms. The van der Waals surface area contributed by atoms with Gasteiger partial charge in [-0.1, -0.05) is 12.1 Å². The van der Waals surface area contributed by atoms with Crippen LogP contribution in [0.25, 0.3) is 11.0 Å². The first kappa shape index (κ1) is 14.5. The highest BCUT2D eigenvalue weighted by molar-refractivity contribution is 5.76. The standard InChI is InChI=1S/C13H14F3N3O/c1-8-12(17-7-11(20-2)13(14,15)16)19-10-6-4-3-5-9(10)18-8/h3-6,11H,7H2,1-2H3,(H,17,19). The Morgan fingerprint density at radius 2 is 1.80 bits per heavy atom. The molecule has 0 aliphatic rings. The number of benzene rings is 1. The van der Waals surface area contributed by atoms with Gasteiger partial charge in [0.2, 0.25) is 0 Å². The van der Waals surface area contributed by atoms with E-state index in [1.54, 1.807) is 25.1 Å². The molecule has 1 heterocycles. The molecule has 4 nitrogen and oxygen atoms in total. The van der Waals surface area contributed by atoms with Crippen LogP contribution in [0.1, 0.15) is 5.69 Å². The van der Waals surface area contributed by atoms with Gasteiger partial charge in [-0.05, 0) is 19.1 Å². The third kappa shape index (κ3) is 3.16. The van der Waals surface area contributed by atoms with Crippen LogP contribution >= 0.6 is 0 Å². The molecule has 1 N–H and O–H groups in total. The molecule has 0 spiro atoms. The van der Waals surface area contributed by atoms with Gasteiger partial charge < -0.3 is 10.1 Å². The van der Waals surface area contributed by atoms with Crippen LogP contribution in [-0.4, -0.2) is 35.9 Å². The molecule has 0 aliphatic heterocycles. The molecule has 0 aliphatic carbocycles. The van der Waals surface area contributed by atoms with E-state index in [1.807, 2.05) is 6.07 Å². The van der Waals surface area contributed by atoms with E-state index in [1.165, 1.54) is 0 Å². The number of ether oxygens (including phenoxy) is 1. The predicted molar refractivity (Wildman–Crippen MR) is 69.6 cm³/mol. The molecule has 20 heavy (non-hydrogen) atoms. The number of alkyl halides is 3. The van der Waals surface area contributed by atoms with Crippen LogP contribution in [0.5, 0.6) is 0 Å². The van der Waals surface area contributed by atoms with Crippen molar-refractivity contribution in [3.63, 3.8) is 0 Å². The molecule has 2 aromatic rings. The molecule has 0 saturated carbocycles. The minimum atomic E-state index is -4.42. The van der Waals surface area contributed by atoms with Gasteiger partial charge in [0.1, 0.15) is 5.82 Å². The van der Waals surface area contributed by atoms with Crippen molar-refractivity contribution in [3.05, 3.63) is 30.0 Å². The largest absolute Gasteiger partial charge is 0.416 e. The van der Waals surface area contributed by atoms with Crippen molar-refractivity contribution in [2.24, 2.45) is 0 Å². The molecular formula is C13H14F3N3O. The van der Waals surface area contributed by atoms with Crippen LogP contribution in [0.4, 0.5) is 19.0 Å². The Morgan fingerprint density at radius 3 is 2.35 bits per heavy atom. The van der Waals surface area contributed by atoms with Gasteiger partial charge in [0.25, 0.3) is 0 Å². The Kier molecular flexibility index (Phi) is 4.08. The summed E-state index contributed by atoms with van der Waals surface area (Å²) < 4.78 is 42.2. The number of hydrogen-bond donors (Lipinski definition) is 1. The number of rotatable bonds is 4. The van der Waals surface area contributed by atoms with E-state index in [9.17, 15) is 13.2 Å². The van der Waals surface area contributed by atoms with Gasteiger partial charge in [0, 0.05) is 7.11 Å². The average molecular weight is 285 g/mol. The van der Waals surface area contributed by atoms with Crippen molar-refractivity contribution in [2.45, 2.75) is 19.2 Å². The molecule has 1 unspecified atom stereocenters. The smallest absolute Gasteiger partial charge is 0.370 e. The highest BCUT2D eigenvalue weighted by Gasteiger charge is 2.39. The van der Waals surface area contributed by atoms with E-state index in [-0.39, 0.29) is 0 Å². The number of para-hydroxylation sites is 2. The highest BCUT2D eigenvalue weighted by atomic mass is 19.4. The number of aromatic nitrogens is 2. The fraction of sp³-hybridized carbons (Fsp3) is 0.385. The molecule has 1 atom stereocenters. The normalized spacial score (nSPS) is 13.4. The summed E-state index contributed by atoms with van der Waals surface area (Å²) in [6, 6.07) is 7.18. The number of halogens is 3. The fourth-order valence-corrected chi connectivity index (χ4v) is 1.78. The summed E-state index contributed by atoms with van der Waals surface area (Å²) in [5.74, 6) is 0.329. The lowest BCUT2D eigenvalue weighted by Crippen LogP contribution is -2.37. The lowest BCUT2D eigenvalue weighted by atomic mass is 10.3. The minimum Gasteiger partial charge on any atom is -0.370 e. The second-order valence-electron chi connectivity index (χ2n) is 4.29. The maximum Gasteiger partial charge on any atom is 0.416 e. The molecule has 7 heteroatoms. The van der Waals surface area contributed by atoms with Gasteiger partial charge in [-0.3, -0.25) is 0 Å². The van der Waals surface area contributed by atoms with Crippen molar-refractivity contribution in [3.8, 4) is 0 Å². The van der Waals surface area contributed by atoms with Crippen LogP contribution in [0.15, 0.2) is 24.3 Å². The van der Waals surface area contributed by atoms with Crippen molar-refractivity contribution in [1.82, 2.24) is 9.97 Å². The summed E-state index contributed by atoms with van der Waals surface area (Å²) in [4.78, 5) is 8.56. The quantitative estimate of drug-likeness (QED) is 0.938. The Labute approximate surface area is 114 Å². The first-order chi connectivity index (χ1) is 9.41. The van der Waals surface area contributed by atoms with E-state index in [0.717, 1.165) is 7.11 Å². The summed E-state index contributed by atoms with van der Waals surface area (Å²) >= 11 is 0. The zero-order valence-corrected chi connectivity index (χ0v) is 11.0. The van der Waals surface area contributed by atoms with Crippen LogP contribution in [0, 0.1) is 6.92 Å². The van der Waals surface area contributed by atoms with Gasteiger partial charge in [-0.15, -0.1) is 0 Å². The number of methoxy groups -OCH3 is 1. The van der Waals surface area contributed by atoms with Crippen molar-refractivity contribution >= 4 is 16.9 Å². The van der Waals surface area contributed by atoms with Gasteiger partial charge in [-0.2, -0.15) is 13.2 Å². The molecule has 0 amide bonds.